The summed E-state index contributed by atoms with van der Waals surface area (Å²) >= 11 is 0. The van der Waals surface area contributed by atoms with Crippen LogP contribution in [0.4, 0.5) is 0 Å². The molecule has 0 rings (SSSR count). The number of hydrogen-bond acceptors (Lipinski definition) is 4. The van der Waals surface area contributed by atoms with Gasteiger partial charge in [-0.1, -0.05) is 83.3 Å². The van der Waals surface area contributed by atoms with Crippen molar-refractivity contribution in [2.24, 2.45) is 0 Å². The normalized spacial score (nSPS) is 12.6. The lowest BCUT2D eigenvalue weighted by molar-refractivity contribution is -0.147. The van der Waals surface area contributed by atoms with Crippen molar-refractivity contribution in [3.05, 3.63) is 12.2 Å². The smallest absolute Gasteiger partial charge is 0.305 e. The van der Waals surface area contributed by atoms with Crippen LogP contribution in [0.15, 0.2) is 12.2 Å². The highest BCUT2D eigenvalue weighted by molar-refractivity contribution is 5.69. The molecule has 4 nitrogen and oxygen atoms in total. The summed E-state index contributed by atoms with van der Waals surface area (Å²) < 4.78 is 4.87. The van der Waals surface area contributed by atoms with E-state index >= 15 is 0 Å². The topological polar surface area (TPSA) is 66.8 Å². The van der Waals surface area contributed by atoms with Crippen molar-refractivity contribution in [2.75, 3.05) is 13.2 Å². The standard InChI is InChI=1S/C23H44O4/c1-2-3-4-5-6-7-8-9-10-11-12-13-14-15-16-17-18-19-23(26)27-21-22(25)20-24/h8-9,22,24-25H,2-7,10-21H2,1H3/b9-8-. The lowest BCUT2D eigenvalue weighted by Gasteiger charge is -2.08. The quantitative estimate of drug-likeness (QED) is 0.160. The molecule has 1 unspecified atom stereocenters. The highest BCUT2D eigenvalue weighted by Crippen LogP contribution is 2.12. The van der Waals surface area contributed by atoms with Gasteiger partial charge in [0.25, 0.3) is 0 Å². The maximum absolute atomic E-state index is 11.4. The van der Waals surface area contributed by atoms with Crippen molar-refractivity contribution in [2.45, 2.75) is 116 Å². The summed E-state index contributed by atoms with van der Waals surface area (Å²) in [4.78, 5) is 11.4. The zero-order valence-electron chi connectivity index (χ0n) is 17.7. The van der Waals surface area contributed by atoms with Crippen molar-refractivity contribution in [1.29, 1.82) is 0 Å². The summed E-state index contributed by atoms with van der Waals surface area (Å²) in [5, 5.41) is 17.7. The molecule has 0 bridgehead atoms. The minimum Gasteiger partial charge on any atom is -0.463 e. The first-order chi connectivity index (χ1) is 13.2. The van der Waals surface area contributed by atoms with Crippen molar-refractivity contribution in [3.8, 4) is 0 Å². The van der Waals surface area contributed by atoms with E-state index < -0.39 is 6.10 Å². The number of esters is 1. The summed E-state index contributed by atoms with van der Waals surface area (Å²) in [7, 11) is 0. The molecule has 0 aliphatic heterocycles. The summed E-state index contributed by atoms with van der Waals surface area (Å²) in [6.45, 7) is 1.78. The van der Waals surface area contributed by atoms with E-state index in [1.165, 1.54) is 83.5 Å². The SMILES string of the molecule is CCCCCCC/C=C\CCCCCCCCCCC(=O)OCC(O)CO. The molecule has 27 heavy (non-hydrogen) atoms. The summed E-state index contributed by atoms with van der Waals surface area (Å²) in [6.07, 6.45) is 23.0. The number of hydrogen-bond donors (Lipinski definition) is 2. The molecular formula is C23H44O4. The zero-order valence-corrected chi connectivity index (χ0v) is 17.7. The Kier molecular flexibility index (Phi) is 20.7. The number of allylic oxidation sites excluding steroid dienone is 2. The van der Waals surface area contributed by atoms with Gasteiger partial charge in [0.05, 0.1) is 6.61 Å². The first-order valence-corrected chi connectivity index (χ1v) is 11.3. The second kappa shape index (κ2) is 21.4. The van der Waals surface area contributed by atoms with E-state index in [1.807, 2.05) is 0 Å². The van der Waals surface area contributed by atoms with Crippen molar-refractivity contribution >= 4 is 5.97 Å². The molecular weight excluding hydrogens is 340 g/mol. The molecule has 2 N–H and O–H groups in total. The van der Waals surface area contributed by atoms with Crippen LogP contribution in [0.3, 0.4) is 0 Å². The molecule has 0 aromatic heterocycles. The Morgan fingerprint density at radius 3 is 1.81 bits per heavy atom. The fourth-order valence-electron chi connectivity index (χ4n) is 3.01. The molecule has 0 saturated carbocycles. The monoisotopic (exact) mass is 384 g/mol. The molecule has 0 heterocycles. The van der Waals surface area contributed by atoms with E-state index in [0.29, 0.717) is 6.42 Å². The molecule has 0 spiro atoms. The molecule has 160 valence electrons. The van der Waals surface area contributed by atoms with Crippen LogP contribution in [0, 0.1) is 0 Å². The molecule has 0 aliphatic rings. The second-order valence-electron chi connectivity index (χ2n) is 7.56. The number of aliphatic hydroxyl groups is 2. The summed E-state index contributed by atoms with van der Waals surface area (Å²) in [5.41, 5.74) is 0. The highest BCUT2D eigenvalue weighted by Gasteiger charge is 2.07. The molecule has 0 saturated heterocycles. The Labute approximate surface area is 167 Å². The number of rotatable bonds is 20. The van der Waals surface area contributed by atoms with Gasteiger partial charge >= 0.3 is 5.97 Å². The summed E-state index contributed by atoms with van der Waals surface area (Å²) in [6, 6.07) is 0. The van der Waals surface area contributed by atoms with E-state index in [9.17, 15) is 4.79 Å². The average molecular weight is 385 g/mol. The third-order valence-electron chi connectivity index (χ3n) is 4.79. The van der Waals surface area contributed by atoms with Gasteiger partial charge in [-0.15, -0.1) is 0 Å². The Bertz CT molecular complexity index is 341. The van der Waals surface area contributed by atoms with Gasteiger partial charge in [0, 0.05) is 6.42 Å². The fourth-order valence-corrected chi connectivity index (χ4v) is 3.01. The average Bonchev–Trinajstić information content (AvgIpc) is 2.68. The first-order valence-electron chi connectivity index (χ1n) is 11.3. The number of unbranched alkanes of at least 4 members (excludes halogenated alkanes) is 13. The van der Waals surface area contributed by atoms with Gasteiger partial charge < -0.3 is 14.9 Å². The van der Waals surface area contributed by atoms with Crippen LogP contribution in [0.25, 0.3) is 0 Å². The lowest BCUT2D eigenvalue weighted by Crippen LogP contribution is -2.21. The third kappa shape index (κ3) is 21.3. The van der Waals surface area contributed by atoms with Crippen LogP contribution in [0.1, 0.15) is 110 Å². The molecule has 0 aromatic rings. The lowest BCUT2D eigenvalue weighted by atomic mass is 10.1. The minimum atomic E-state index is -0.958. The molecule has 4 heteroatoms. The predicted molar refractivity (Wildman–Crippen MR) is 113 cm³/mol. The van der Waals surface area contributed by atoms with Gasteiger partial charge in [0.1, 0.15) is 12.7 Å². The van der Waals surface area contributed by atoms with Crippen LogP contribution in [0.5, 0.6) is 0 Å². The van der Waals surface area contributed by atoms with Crippen molar-refractivity contribution in [1.82, 2.24) is 0 Å². The fraction of sp³-hybridized carbons (Fsp3) is 0.870. The number of ether oxygens (including phenoxy) is 1. The number of aliphatic hydroxyl groups excluding tert-OH is 2. The number of carbonyl (C=O) groups is 1. The van der Waals surface area contributed by atoms with Gasteiger partial charge in [0.15, 0.2) is 0 Å². The Balaban J connectivity index is 3.19. The van der Waals surface area contributed by atoms with E-state index in [-0.39, 0.29) is 19.2 Å². The zero-order chi connectivity index (χ0) is 20.0. The number of carbonyl (C=O) groups excluding carboxylic acids is 1. The van der Waals surface area contributed by atoms with Gasteiger partial charge in [-0.3, -0.25) is 4.79 Å². The van der Waals surface area contributed by atoms with Gasteiger partial charge in [-0.05, 0) is 32.1 Å². The van der Waals surface area contributed by atoms with Crippen LogP contribution in [0.2, 0.25) is 0 Å². The molecule has 1 atom stereocenters. The van der Waals surface area contributed by atoms with E-state index in [0.717, 1.165) is 12.8 Å². The largest absolute Gasteiger partial charge is 0.463 e. The van der Waals surface area contributed by atoms with Crippen LogP contribution in [-0.2, 0) is 9.53 Å². The maximum Gasteiger partial charge on any atom is 0.305 e. The minimum absolute atomic E-state index is 0.108. The summed E-state index contributed by atoms with van der Waals surface area (Å²) in [5.74, 6) is -0.281. The van der Waals surface area contributed by atoms with Gasteiger partial charge in [0.2, 0.25) is 0 Å². The van der Waals surface area contributed by atoms with Crippen LogP contribution >= 0.6 is 0 Å². The highest BCUT2D eigenvalue weighted by atomic mass is 16.5. The van der Waals surface area contributed by atoms with Crippen molar-refractivity contribution in [3.63, 3.8) is 0 Å². The maximum atomic E-state index is 11.4. The van der Waals surface area contributed by atoms with Gasteiger partial charge in [-0.2, -0.15) is 0 Å². The van der Waals surface area contributed by atoms with Gasteiger partial charge in [-0.25, -0.2) is 0 Å². The van der Waals surface area contributed by atoms with Crippen LogP contribution < -0.4 is 0 Å². The third-order valence-corrected chi connectivity index (χ3v) is 4.79. The van der Waals surface area contributed by atoms with E-state index in [2.05, 4.69) is 19.1 Å². The van der Waals surface area contributed by atoms with E-state index in [4.69, 9.17) is 14.9 Å². The predicted octanol–water partition coefficient (Wildman–Crippen LogP) is 5.70. The molecule has 0 radical (unpaired) electrons. The first kappa shape index (κ1) is 26.1. The molecule has 0 aliphatic carbocycles. The van der Waals surface area contributed by atoms with Crippen LogP contribution in [-0.4, -0.2) is 35.5 Å². The molecule has 0 aromatic carbocycles. The van der Waals surface area contributed by atoms with Crippen molar-refractivity contribution < 1.29 is 19.7 Å². The second-order valence-corrected chi connectivity index (χ2v) is 7.56. The van der Waals surface area contributed by atoms with E-state index in [1.54, 1.807) is 0 Å². The Morgan fingerprint density at radius 2 is 1.30 bits per heavy atom. The Morgan fingerprint density at radius 1 is 0.815 bits per heavy atom. The molecule has 0 amide bonds. The Hall–Kier alpha value is -0.870. The molecule has 0 fully saturated rings.